The van der Waals surface area contributed by atoms with E-state index in [1.54, 1.807) is 13.0 Å². The molecule has 0 aromatic heterocycles. The lowest BCUT2D eigenvalue weighted by molar-refractivity contribution is -0.113. The van der Waals surface area contributed by atoms with Gasteiger partial charge in [0.05, 0.1) is 5.60 Å². The predicted molar refractivity (Wildman–Crippen MR) is 68.9 cm³/mol. The standard InChI is InChI=1S/C10H20O.C3H5NO/c1-5-10(4,11)8-6-7-9(2)3;1-2-3(4)5/h5,9,11H,1,6-8H2,2-4H3;2H,1H2,(H2,4,5). The summed E-state index contributed by atoms with van der Waals surface area (Å²) in [6.45, 7) is 12.9. The Kier molecular flexibility index (Phi) is 9.91. The summed E-state index contributed by atoms with van der Waals surface area (Å²) in [4.78, 5) is 9.47. The Labute approximate surface area is 99.0 Å². The minimum absolute atomic E-state index is 0.481. The van der Waals surface area contributed by atoms with E-state index in [1.165, 1.54) is 6.42 Å². The molecule has 1 amide bonds. The molecule has 0 saturated heterocycles. The predicted octanol–water partition coefficient (Wildman–Crippen LogP) is 2.41. The fourth-order valence-corrected chi connectivity index (χ4v) is 0.970. The number of amides is 1. The van der Waals surface area contributed by atoms with Gasteiger partial charge in [0.2, 0.25) is 5.91 Å². The molecule has 0 heterocycles. The van der Waals surface area contributed by atoms with Crippen molar-refractivity contribution < 1.29 is 9.90 Å². The van der Waals surface area contributed by atoms with Crippen LogP contribution >= 0.6 is 0 Å². The van der Waals surface area contributed by atoms with Crippen LogP contribution in [-0.4, -0.2) is 16.6 Å². The Morgan fingerprint density at radius 2 is 1.94 bits per heavy atom. The Bertz CT molecular complexity index is 220. The van der Waals surface area contributed by atoms with E-state index in [0.29, 0.717) is 0 Å². The number of hydrogen-bond donors (Lipinski definition) is 2. The summed E-state index contributed by atoms with van der Waals surface area (Å²) in [5.41, 5.74) is 3.88. The van der Waals surface area contributed by atoms with Gasteiger partial charge in [-0.05, 0) is 25.3 Å². The van der Waals surface area contributed by atoms with Gasteiger partial charge < -0.3 is 10.8 Å². The molecule has 0 spiro atoms. The molecule has 3 N–H and O–H groups in total. The maximum atomic E-state index is 9.52. The first-order valence-corrected chi connectivity index (χ1v) is 5.53. The van der Waals surface area contributed by atoms with Crippen molar-refractivity contribution in [2.75, 3.05) is 0 Å². The van der Waals surface area contributed by atoms with Gasteiger partial charge in [-0.1, -0.05) is 39.3 Å². The van der Waals surface area contributed by atoms with Crippen molar-refractivity contribution in [3.63, 3.8) is 0 Å². The van der Waals surface area contributed by atoms with Gasteiger partial charge >= 0.3 is 0 Å². The molecule has 0 aliphatic rings. The molecule has 0 saturated carbocycles. The lowest BCUT2D eigenvalue weighted by Crippen LogP contribution is -2.19. The first-order valence-electron chi connectivity index (χ1n) is 5.53. The fraction of sp³-hybridized carbons (Fsp3) is 0.615. The summed E-state index contributed by atoms with van der Waals surface area (Å²) < 4.78 is 0. The second-order valence-corrected chi connectivity index (χ2v) is 4.45. The first-order chi connectivity index (χ1) is 7.25. The minimum Gasteiger partial charge on any atom is -0.386 e. The zero-order valence-corrected chi connectivity index (χ0v) is 10.7. The molecule has 0 aliphatic heterocycles. The van der Waals surface area contributed by atoms with Crippen molar-refractivity contribution in [3.8, 4) is 0 Å². The van der Waals surface area contributed by atoms with Gasteiger partial charge in [0.25, 0.3) is 0 Å². The van der Waals surface area contributed by atoms with Crippen molar-refractivity contribution in [1.82, 2.24) is 0 Å². The zero-order valence-electron chi connectivity index (χ0n) is 10.7. The van der Waals surface area contributed by atoms with Crippen LogP contribution in [0.5, 0.6) is 0 Å². The van der Waals surface area contributed by atoms with Crippen LogP contribution in [0.4, 0.5) is 0 Å². The van der Waals surface area contributed by atoms with E-state index < -0.39 is 11.5 Å². The number of carbonyl (C=O) groups excluding carboxylic acids is 1. The molecule has 0 aromatic carbocycles. The van der Waals surface area contributed by atoms with Gasteiger partial charge in [0, 0.05) is 0 Å². The number of rotatable bonds is 6. The highest BCUT2D eigenvalue weighted by Gasteiger charge is 2.14. The zero-order chi connectivity index (χ0) is 13.2. The molecule has 3 nitrogen and oxygen atoms in total. The van der Waals surface area contributed by atoms with Gasteiger partial charge in [0.1, 0.15) is 0 Å². The van der Waals surface area contributed by atoms with Gasteiger partial charge in [-0.3, -0.25) is 4.79 Å². The van der Waals surface area contributed by atoms with Crippen molar-refractivity contribution in [3.05, 3.63) is 25.3 Å². The van der Waals surface area contributed by atoms with E-state index in [9.17, 15) is 9.90 Å². The Morgan fingerprint density at radius 3 is 2.19 bits per heavy atom. The molecule has 1 atom stereocenters. The molecule has 94 valence electrons. The monoisotopic (exact) mass is 227 g/mol. The summed E-state index contributed by atoms with van der Waals surface area (Å²) in [5.74, 6) is 0.251. The number of nitrogens with two attached hydrogens (primary N) is 1. The molecule has 0 bridgehead atoms. The lowest BCUT2D eigenvalue weighted by atomic mass is 9.96. The topological polar surface area (TPSA) is 63.3 Å². The maximum absolute atomic E-state index is 9.52. The van der Waals surface area contributed by atoms with E-state index in [2.05, 4.69) is 32.7 Å². The number of primary amides is 1. The summed E-state index contributed by atoms with van der Waals surface area (Å²) in [6.07, 6.45) is 5.77. The highest BCUT2D eigenvalue weighted by Crippen LogP contribution is 2.16. The Hall–Kier alpha value is -1.09. The molecule has 1 unspecified atom stereocenters. The largest absolute Gasteiger partial charge is 0.386 e. The SMILES string of the molecule is C=CC(C)(O)CCCC(C)C.C=CC(N)=O. The third-order valence-electron chi connectivity index (χ3n) is 2.11. The molecule has 0 rings (SSSR count). The van der Waals surface area contributed by atoms with Crippen LogP contribution in [0, 0.1) is 5.92 Å². The highest BCUT2D eigenvalue weighted by molar-refractivity contribution is 5.84. The van der Waals surface area contributed by atoms with Crippen molar-refractivity contribution in [2.24, 2.45) is 11.7 Å². The smallest absolute Gasteiger partial charge is 0.240 e. The summed E-state index contributed by atoms with van der Waals surface area (Å²) in [5, 5.41) is 9.52. The molecule has 0 aromatic rings. The molecular formula is C13H25NO2. The van der Waals surface area contributed by atoms with Crippen LogP contribution in [0.2, 0.25) is 0 Å². The van der Waals surface area contributed by atoms with Gasteiger partial charge in [-0.15, -0.1) is 6.58 Å². The molecule has 0 aliphatic carbocycles. The fourth-order valence-electron chi connectivity index (χ4n) is 0.970. The number of hydrogen-bond acceptors (Lipinski definition) is 2. The quantitative estimate of drug-likeness (QED) is 0.540. The van der Waals surface area contributed by atoms with E-state index in [1.807, 2.05) is 0 Å². The van der Waals surface area contributed by atoms with Crippen LogP contribution < -0.4 is 5.73 Å². The third-order valence-corrected chi connectivity index (χ3v) is 2.11. The number of aliphatic hydroxyl groups is 1. The van der Waals surface area contributed by atoms with Crippen LogP contribution in [0.25, 0.3) is 0 Å². The van der Waals surface area contributed by atoms with E-state index in [4.69, 9.17) is 0 Å². The van der Waals surface area contributed by atoms with Crippen molar-refractivity contribution >= 4 is 5.91 Å². The van der Waals surface area contributed by atoms with Crippen LogP contribution in [0.3, 0.4) is 0 Å². The second kappa shape index (κ2) is 9.16. The molecule has 0 radical (unpaired) electrons. The average Bonchev–Trinajstić information content (AvgIpc) is 2.18. The summed E-state index contributed by atoms with van der Waals surface area (Å²) in [6, 6.07) is 0. The Balaban J connectivity index is 0. The summed E-state index contributed by atoms with van der Waals surface area (Å²) >= 11 is 0. The molecular weight excluding hydrogens is 202 g/mol. The maximum Gasteiger partial charge on any atom is 0.240 e. The minimum atomic E-state index is -0.658. The Morgan fingerprint density at radius 1 is 1.50 bits per heavy atom. The van der Waals surface area contributed by atoms with Gasteiger partial charge in [0.15, 0.2) is 0 Å². The van der Waals surface area contributed by atoms with Gasteiger partial charge in [-0.2, -0.15) is 0 Å². The highest BCUT2D eigenvalue weighted by atomic mass is 16.3. The molecule has 16 heavy (non-hydrogen) atoms. The normalized spacial score (nSPS) is 13.3. The van der Waals surface area contributed by atoms with E-state index in [0.717, 1.165) is 24.8 Å². The van der Waals surface area contributed by atoms with Crippen LogP contribution in [0.15, 0.2) is 25.3 Å². The van der Waals surface area contributed by atoms with Crippen LogP contribution in [-0.2, 0) is 4.79 Å². The van der Waals surface area contributed by atoms with Crippen LogP contribution in [0.1, 0.15) is 40.0 Å². The molecule has 3 heteroatoms. The lowest BCUT2D eigenvalue weighted by Gasteiger charge is -2.18. The number of carbonyl (C=O) groups is 1. The average molecular weight is 227 g/mol. The third kappa shape index (κ3) is 15.4. The van der Waals surface area contributed by atoms with Crippen molar-refractivity contribution in [1.29, 1.82) is 0 Å². The summed E-state index contributed by atoms with van der Waals surface area (Å²) in [7, 11) is 0. The van der Waals surface area contributed by atoms with Gasteiger partial charge in [-0.25, -0.2) is 0 Å². The second-order valence-electron chi connectivity index (χ2n) is 4.45. The van der Waals surface area contributed by atoms with E-state index in [-0.39, 0.29) is 0 Å². The van der Waals surface area contributed by atoms with E-state index >= 15 is 0 Å². The van der Waals surface area contributed by atoms with Crippen molar-refractivity contribution in [2.45, 2.75) is 45.6 Å². The molecule has 0 fully saturated rings. The first kappa shape index (κ1) is 17.3.